The minimum atomic E-state index is -3.42. The summed E-state index contributed by atoms with van der Waals surface area (Å²) in [6.07, 6.45) is 1.94. The molecule has 1 heterocycles. The van der Waals surface area contributed by atoms with Crippen molar-refractivity contribution in [1.82, 2.24) is 0 Å². The highest BCUT2D eigenvalue weighted by Gasteiger charge is 2.36. The van der Waals surface area contributed by atoms with Gasteiger partial charge in [-0.25, -0.2) is 0 Å². The monoisotopic (exact) mass is 238 g/mol. The molecule has 1 fully saturated rings. The van der Waals surface area contributed by atoms with Crippen LogP contribution in [-0.4, -0.2) is 40.3 Å². The molecule has 1 saturated heterocycles. The van der Waals surface area contributed by atoms with Crippen molar-refractivity contribution in [3.05, 3.63) is 0 Å². The predicted molar refractivity (Wildman–Crippen MR) is 55.0 cm³/mol. The normalized spacial score (nSPS) is 20.7. The van der Waals surface area contributed by atoms with Gasteiger partial charge in [0.2, 0.25) is 0 Å². The van der Waals surface area contributed by atoms with Crippen molar-refractivity contribution < 1.29 is 22.1 Å². The van der Waals surface area contributed by atoms with E-state index in [1.165, 1.54) is 0 Å². The van der Waals surface area contributed by atoms with Crippen molar-refractivity contribution in [1.29, 1.82) is 0 Å². The van der Waals surface area contributed by atoms with Crippen LogP contribution in [0.15, 0.2) is 0 Å². The standard InChI is InChI=1S/C9H18O5S/c1-3-4-9(13-6-7-14-9)5-8-15(10,11)12-2/h3-8H2,1-2H3. The highest BCUT2D eigenvalue weighted by molar-refractivity contribution is 7.86. The van der Waals surface area contributed by atoms with Gasteiger partial charge in [0.05, 0.1) is 26.1 Å². The van der Waals surface area contributed by atoms with Crippen molar-refractivity contribution in [2.75, 3.05) is 26.1 Å². The molecule has 0 unspecified atom stereocenters. The molecule has 0 aromatic carbocycles. The van der Waals surface area contributed by atoms with Gasteiger partial charge in [-0.2, -0.15) is 8.42 Å². The Bertz CT molecular complexity index is 279. The first kappa shape index (κ1) is 12.9. The number of hydrogen-bond acceptors (Lipinski definition) is 5. The molecule has 0 spiro atoms. The molecule has 0 aromatic rings. The van der Waals surface area contributed by atoms with Gasteiger partial charge in [0.25, 0.3) is 10.1 Å². The summed E-state index contributed by atoms with van der Waals surface area (Å²) in [4.78, 5) is 0. The van der Waals surface area contributed by atoms with Crippen LogP contribution in [0.3, 0.4) is 0 Å². The van der Waals surface area contributed by atoms with Gasteiger partial charge in [-0.3, -0.25) is 4.18 Å². The van der Waals surface area contributed by atoms with Crippen LogP contribution in [0, 0.1) is 0 Å². The van der Waals surface area contributed by atoms with E-state index in [0.717, 1.165) is 13.5 Å². The number of rotatable bonds is 6. The lowest BCUT2D eigenvalue weighted by atomic mass is 10.1. The summed E-state index contributed by atoms with van der Waals surface area (Å²) in [5.41, 5.74) is 0. The summed E-state index contributed by atoms with van der Waals surface area (Å²) in [6, 6.07) is 0. The maximum Gasteiger partial charge on any atom is 0.267 e. The van der Waals surface area contributed by atoms with Crippen molar-refractivity contribution in [2.24, 2.45) is 0 Å². The minimum absolute atomic E-state index is 0.0660. The fourth-order valence-electron chi connectivity index (χ4n) is 1.66. The highest BCUT2D eigenvalue weighted by atomic mass is 32.2. The molecule has 0 aliphatic carbocycles. The van der Waals surface area contributed by atoms with Crippen LogP contribution in [-0.2, 0) is 23.8 Å². The van der Waals surface area contributed by atoms with Crippen molar-refractivity contribution >= 4 is 10.1 Å². The van der Waals surface area contributed by atoms with Crippen molar-refractivity contribution in [3.8, 4) is 0 Å². The summed E-state index contributed by atoms with van der Waals surface area (Å²) in [5, 5.41) is 0. The van der Waals surface area contributed by atoms with Crippen LogP contribution >= 0.6 is 0 Å². The molecule has 1 aliphatic heterocycles. The molecule has 0 radical (unpaired) electrons. The summed E-state index contributed by atoms with van der Waals surface area (Å²) in [6.45, 7) is 3.08. The Morgan fingerprint density at radius 3 is 2.33 bits per heavy atom. The highest BCUT2D eigenvalue weighted by Crippen LogP contribution is 2.29. The molecular formula is C9H18O5S. The third-order valence-electron chi connectivity index (χ3n) is 2.43. The van der Waals surface area contributed by atoms with Crippen molar-refractivity contribution in [2.45, 2.75) is 32.0 Å². The smallest absolute Gasteiger partial charge is 0.267 e. The first-order valence-electron chi connectivity index (χ1n) is 5.10. The average Bonchev–Trinajstić information content (AvgIpc) is 2.65. The van der Waals surface area contributed by atoms with Gasteiger partial charge >= 0.3 is 0 Å². The fraction of sp³-hybridized carbons (Fsp3) is 1.00. The zero-order valence-corrected chi connectivity index (χ0v) is 10.0. The molecule has 0 saturated carbocycles. The van der Waals surface area contributed by atoms with Crippen molar-refractivity contribution in [3.63, 3.8) is 0 Å². The van der Waals surface area contributed by atoms with Gasteiger partial charge in [0.1, 0.15) is 0 Å². The lowest BCUT2D eigenvalue weighted by molar-refractivity contribution is -0.163. The lowest BCUT2D eigenvalue weighted by Gasteiger charge is -2.26. The van der Waals surface area contributed by atoms with E-state index in [-0.39, 0.29) is 5.75 Å². The molecule has 0 atom stereocenters. The van der Waals surface area contributed by atoms with E-state index in [2.05, 4.69) is 4.18 Å². The quantitative estimate of drug-likeness (QED) is 0.643. The molecule has 0 aromatic heterocycles. The van der Waals surface area contributed by atoms with Crippen LogP contribution < -0.4 is 0 Å². The van der Waals surface area contributed by atoms with Crippen LogP contribution in [0.4, 0.5) is 0 Å². The number of ether oxygens (including phenoxy) is 2. The Morgan fingerprint density at radius 2 is 1.87 bits per heavy atom. The summed E-state index contributed by atoms with van der Waals surface area (Å²) in [7, 11) is -2.26. The molecular weight excluding hydrogens is 220 g/mol. The van der Waals surface area contributed by atoms with Gasteiger partial charge in [-0.05, 0) is 0 Å². The molecule has 5 nitrogen and oxygen atoms in total. The summed E-state index contributed by atoms with van der Waals surface area (Å²) >= 11 is 0. The second-order valence-electron chi connectivity index (χ2n) is 3.54. The predicted octanol–water partition coefficient (Wildman–Crippen LogP) is 0.896. The lowest BCUT2D eigenvalue weighted by Crippen LogP contribution is -2.32. The van der Waals surface area contributed by atoms with Crippen LogP contribution in [0.5, 0.6) is 0 Å². The Kier molecular flexibility index (Phi) is 4.51. The van der Waals surface area contributed by atoms with Crippen LogP contribution in [0.25, 0.3) is 0 Å². The first-order valence-corrected chi connectivity index (χ1v) is 6.67. The Hall–Kier alpha value is -0.170. The third-order valence-corrected chi connectivity index (χ3v) is 3.64. The average molecular weight is 238 g/mol. The minimum Gasteiger partial charge on any atom is -0.348 e. The fourth-order valence-corrected chi connectivity index (χ4v) is 2.38. The Balaban J connectivity index is 2.52. The molecule has 0 bridgehead atoms. The first-order chi connectivity index (χ1) is 7.04. The molecule has 90 valence electrons. The van der Waals surface area contributed by atoms with Gasteiger partial charge in [-0.1, -0.05) is 13.3 Å². The molecule has 1 rings (SSSR count). The largest absolute Gasteiger partial charge is 0.348 e. The van der Waals surface area contributed by atoms with E-state index in [0.29, 0.717) is 26.1 Å². The topological polar surface area (TPSA) is 61.8 Å². The maximum atomic E-state index is 11.2. The second-order valence-corrected chi connectivity index (χ2v) is 5.39. The summed E-state index contributed by atoms with van der Waals surface area (Å²) < 4.78 is 37.7. The zero-order chi connectivity index (χ0) is 11.4. The van der Waals surface area contributed by atoms with E-state index in [1.54, 1.807) is 0 Å². The zero-order valence-electron chi connectivity index (χ0n) is 9.19. The molecule has 6 heteroatoms. The van der Waals surface area contributed by atoms with E-state index >= 15 is 0 Å². The van der Waals surface area contributed by atoms with E-state index in [4.69, 9.17) is 9.47 Å². The number of hydrogen-bond donors (Lipinski definition) is 0. The molecule has 1 aliphatic rings. The Morgan fingerprint density at radius 1 is 1.27 bits per heavy atom. The summed E-state index contributed by atoms with van der Waals surface area (Å²) in [5.74, 6) is -0.774. The molecule has 0 amide bonds. The van der Waals surface area contributed by atoms with Crippen LogP contribution in [0.1, 0.15) is 26.2 Å². The van der Waals surface area contributed by atoms with Gasteiger partial charge in [0.15, 0.2) is 5.79 Å². The third kappa shape index (κ3) is 3.71. The Labute approximate surface area is 90.8 Å². The maximum absolute atomic E-state index is 11.2. The molecule has 15 heavy (non-hydrogen) atoms. The van der Waals surface area contributed by atoms with Gasteiger partial charge in [0, 0.05) is 12.8 Å². The second kappa shape index (κ2) is 5.25. The van der Waals surface area contributed by atoms with Gasteiger partial charge < -0.3 is 9.47 Å². The van der Waals surface area contributed by atoms with E-state index < -0.39 is 15.9 Å². The molecule has 0 N–H and O–H groups in total. The van der Waals surface area contributed by atoms with Crippen LogP contribution in [0.2, 0.25) is 0 Å². The van der Waals surface area contributed by atoms with E-state index in [9.17, 15) is 8.42 Å². The SMILES string of the molecule is CCCC1(CCS(=O)(=O)OC)OCCO1. The van der Waals surface area contributed by atoms with Gasteiger partial charge in [-0.15, -0.1) is 0 Å². The van der Waals surface area contributed by atoms with E-state index in [1.807, 2.05) is 6.92 Å².